The minimum atomic E-state index is 0. The minimum Gasteiger partial charge on any atom is -0.381 e. The van der Waals surface area contributed by atoms with Gasteiger partial charge in [-0.15, -0.1) is 24.0 Å². The van der Waals surface area contributed by atoms with Gasteiger partial charge in [-0.25, -0.2) is 0 Å². The molecule has 2 N–H and O–H groups in total. The lowest BCUT2D eigenvalue weighted by atomic mass is 9.98. The molecule has 1 aliphatic heterocycles. The summed E-state index contributed by atoms with van der Waals surface area (Å²) in [4.78, 5) is 4.64. The summed E-state index contributed by atoms with van der Waals surface area (Å²) in [5, 5.41) is 6.71. The summed E-state index contributed by atoms with van der Waals surface area (Å²) >= 11 is 0. The van der Waals surface area contributed by atoms with E-state index in [1.54, 1.807) is 0 Å². The first-order valence-electron chi connectivity index (χ1n) is 11.2. The molecule has 0 aromatic heterocycles. The molecule has 0 aromatic rings. The second kappa shape index (κ2) is 17.7. The Bertz CT molecular complexity index is 387. The topological polar surface area (TPSA) is 64.1 Å². The van der Waals surface area contributed by atoms with Gasteiger partial charge in [-0.05, 0) is 51.4 Å². The average Bonchev–Trinajstić information content (AvgIpc) is 2.71. The first-order chi connectivity index (χ1) is 13.4. The van der Waals surface area contributed by atoms with Gasteiger partial charge in [0, 0.05) is 52.7 Å². The Morgan fingerprint density at radius 3 is 2.54 bits per heavy atom. The van der Waals surface area contributed by atoms with Crippen molar-refractivity contribution in [3.63, 3.8) is 0 Å². The summed E-state index contributed by atoms with van der Waals surface area (Å²) in [7, 11) is 0. The quantitative estimate of drug-likeness (QED) is 0.181. The Balaban J connectivity index is 0.00000392. The van der Waals surface area contributed by atoms with E-state index in [1.165, 1.54) is 32.1 Å². The average molecular weight is 511 g/mol. The van der Waals surface area contributed by atoms with Crippen LogP contribution in [0.2, 0.25) is 0 Å². The molecule has 2 aliphatic rings. The Hall–Kier alpha value is -0.120. The summed E-state index contributed by atoms with van der Waals surface area (Å²) in [6, 6.07) is 0. The third kappa shape index (κ3) is 12.4. The van der Waals surface area contributed by atoms with Crippen molar-refractivity contribution >= 4 is 29.9 Å². The van der Waals surface area contributed by atoms with Crippen LogP contribution < -0.4 is 10.6 Å². The van der Waals surface area contributed by atoms with Crippen LogP contribution in [0.15, 0.2) is 4.99 Å². The number of guanidine groups is 1. The second-order valence-electron chi connectivity index (χ2n) is 7.66. The lowest BCUT2D eigenvalue weighted by Crippen LogP contribution is -2.38. The van der Waals surface area contributed by atoms with Gasteiger partial charge in [0.25, 0.3) is 0 Å². The van der Waals surface area contributed by atoms with E-state index in [4.69, 9.17) is 14.2 Å². The predicted molar refractivity (Wildman–Crippen MR) is 126 cm³/mol. The molecule has 0 spiro atoms. The molecule has 1 heterocycles. The van der Waals surface area contributed by atoms with Crippen LogP contribution in [0.5, 0.6) is 0 Å². The van der Waals surface area contributed by atoms with E-state index in [9.17, 15) is 0 Å². The standard InChI is InChI=1S/C21H41N3O3.HI/c1-2-22-21(24-13-7-15-27-20-8-4-3-5-9-20)23-12-6-14-26-18-19-10-16-25-17-11-19;/h19-20H,2-18H2,1H3,(H2,22,23,24);1H. The van der Waals surface area contributed by atoms with E-state index in [2.05, 4.69) is 22.5 Å². The highest BCUT2D eigenvalue weighted by molar-refractivity contribution is 14.0. The minimum absolute atomic E-state index is 0. The summed E-state index contributed by atoms with van der Waals surface area (Å²) in [5.41, 5.74) is 0. The molecule has 0 atom stereocenters. The highest BCUT2D eigenvalue weighted by Gasteiger charge is 2.14. The molecule has 6 nitrogen and oxygen atoms in total. The highest BCUT2D eigenvalue weighted by atomic mass is 127. The summed E-state index contributed by atoms with van der Waals surface area (Å²) in [6.45, 7) is 8.95. The van der Waals surface area contributed by atoms with Gasteiger partial charge in [-0.1, -0.05) is 19.3 Å². The number of ether oxygens (including phenoxy) is 3. The van der Waals surface area contributed by atoms with Crippen molar-refractivity contribution in [3.8, 4) is 0 Å². The van der Waals surface area contributed by atoms with Crippen molar-refractivity contribution < 1.29 is 14.2 Å². The van der Waals surface area contributed by atoms with E-state index in [0.29, 0.717) is 12.0 Å². The Morgan fingerprint density at radius 2 is 1.79 bits per heavy atom. The van der Waals surface area contributed by atoms with Crippen molar-refractivity contribution in [3.05, 3.63) is 0 Å². The van der Waals surface area contributed by atoms with E-state index < -0.39 is 0 Å². The molecule has 0 amide bonds. The Labute approximate surface area is 189 Å². The third-order valence-corrected chi connectivity index (χ3v) is 5.27. The molecule has 1 saturated carbocycles. The molecule has 0 bridgehead atoms. The largest absolute Gasteiger partial charge is 0.381 e. The van der Waals surface area contributed by atoms with Crippen LogP contribution in [0, 0.1) is 5.92 Å². The lowest BCUT2D eigenvalue weighted by Gasteiger charge is -2.22. The summed E-state index contributed by atoms with van der Waals surface area (Å²) in [5.74, 6) is 1.58. The van der Waals surface area contributed by atoms with Gasteiger partial charge in [-0.2, -0.15) is 0 Å². The van der Waals surface area contributed by atoms with Crippen molar-refractivity contribution in [1.82, 2.24) is 10.6 Å². The highest BCUT2D eigenvalue weighted by Crippen LogP contribution is 2.20. The van der Waals surface area contributed by atoms with Crippen molar-refractivity contribution in [2.45, 2.75) is 70.8 Å². The monoisotopic (exact) mass is 511 g/mol. The molecular weight excluding hydrogens is 469 g/mol. The lowest BCUT2D eigenvalue weighted by molar-refractivity contribution is 0.0205. The second-order valence-corrected chi connectivity index (χ2v) is 7.66. The van der Waals surface area contributed by atoms with Gasteiger partial charge >= 0.3 is 0 Å². The first-order valence-corrected chi connectivity index (χ1v) is 11.2. The van der Waals surface area contributed by atoms with E-state index in [1.807, 2.05) is 0 Å². The zero-order valence-corrected chi connectivity index (χ0v) is 20.1. The molecule has 0 aromatic carbocycles. The van der Waals surface area contributed by atoms with Crippen LogP contribution in [0.1, 0.15) is 64.7 Å². The van der Waals surface area contributed by atoms with Crippen LogP contribution in [0.3, 0.4) is 0 Å². The van der Waals surface area contributed by atoms with Crippen LogP contribution in [-0.2, 0) is 14.2 Å². The number of halogens is 1. The molecule has 7 heteroatoms. The zero-order valence-electron chi connectivity index (χ0n) is 17.8. The Morgan fingerprint density at radius 1 is 1.00 bits per heavy atom. The Kier molecular flexibility index (Phi) is 16.4. The first kappa shape index (κ1) is 25.9. The number of rotatable bonds is 12. The predicted octanol–water partition coefficient (Wildman–Crippen LogP) is 3.73. The fraction of sp³-hybridized carbons (Fsp3) is 0.952. The van der Waals surface area contributed by atoms with Gasteiger partial charge in [0.05, 0.1) is 6.10 Å². The molecule has 166 valence electrons. The van der Waals surface area contributed by atoms with Crippen molar-refractivity contribution in [2.75, 3.05) is 52.7 Å². The third-order valence-electron chi connectivity index (χ3n) is 5.27. The van der Waals surface area contributed by atoms with Crippen molar-refractivity contribution in [1.29, 1.82) is 0 Å². The maximum atomic E-state index is 5.98. The molecular formula is C21H42IN3O3. The molecule has 0 unspecified atom stereocenters. The number of hydrogen-bond acceptors (Lipinski definition) is 4. The smallest absolute Gasteiger partial charge is 0.191 e. The number of aliphatic imine (C=N–C) groups is 1. The van der Waals surface area contributed by atoms with Gasteiger partial charge < -0.3 is 24.8 Å². The molecule has 0 radical (unpaired) electrons. The van der Waals surface area contributed by atoms with Crippen LogP contribution in [-0.4, -0.2) is 64.7 Å². The molecule has 28 heavy (non-hydrogen) atoms. The van der Waals surface area contributed by atoms with E-state index >= 15 is 0 Å². The molecule has 2 fully saturated rings. The van der Waals surface area contributed by atoms with E-state index in [-0.39, 0.29) is 24.0 Å². The van der Waals surface area contributed by atoms with Gasteiger partial charge in [0.15, 0.2) is 5.96 Å². The van der Waals surface area contributed by atoms with Gasteiger partial charge in [-0.3, -0.25) is 4.99 Å². The fourth-order valence-electron chi connectivity index (χ4n) is 3.62. The number of nitrogens with one attached hydrogen (secondary N) is 2. The summed E-state index contributed by atoms with van der Waals surface area (Å²) in [6.07, 6.45) is 11.3. The molecule has 2 rings (SSSR count). The van der Waals surface area contributed by atoms with E-state index in [0.717, 1.165) is 84.3 Å². The SMILES string of the molecule is CCNC(=NCCCOCC1CCOCC1)NCCCOC1CCCCC1.I. The summed E-state index contributed by atoms with van der Waals surface area (Å²) < 4.78 is 17.2. The number of nitrogens with zero attached hydrogens (tertiary/aromatic N) is 1. The van der Waals surface area contributed by atoms with Gasteiger partial charge in [0.2, 0.25) is 0 Å². The number of hydrogen-bond donors (Lipinski definition) is 2. The van der Waals surface area contributed by atoms with Crippen LogP contribution >= 0.6 is 24.0 Å². The van der Waals surface area contributed by atoms with Crippen LogP contribution in [0.25, 0.3) is 0 Å². The van der Waals surface area contributed by atoms with Gasteiger partial charge in [0.1, 0.15) is 0 Å². The maximum Gasteiger partial charge on any atom is 0.191 e. The molecule has 1 aliphatic carbocycles. The van der Waals surface area contributed by atoms with Crippen molar-refractivity contribution in [2.24, 2.45) is 10.9 Å². The normalized spacial score (nSPS) is 19.2. The maximum absolute atomic E-state index is 5.98. The fourth-order valence-corrected chi connectivity index (χ4v) is 3.62. The zero-order chi connectivity index (χ0) is 19.0. The molecule has 1 saturated heterocycles. The van der Waals surface area contributed by atoms with Crippen LogP contribution in [0.4, 0.5) is 0 Å².